The van der Waals surface area contributed by atoms with Gasteiger partial charge in [-0.1, -0.05) is 0 Å². The Morgan fingerprint density at radius 1 is 1.50 bits per heavy atom. The van der Waals surface area contributed by atoms with E-state index in [9.17, 15) is 4.79 Å². The van der Waals surface area contributed by atoms with E-state index in [0.29, 0.717) is 5.69 Å². The van der Waals surface area contributed by atoms with E-state index in [2.05, 4.69) is 5.32 Å². The van der Waals surface area contributed by atoms with Crippen LogP contribution in [-0.4, -0.2) is 13.3 Å². The first kappa shape index (κ1) is 9.21. The number of hydrogen-bond acceptors (Lipinski definition) is 3. The molecule has 0 spiro atoms. The Hall–Kier alpha value is -1.35. The molecule has 1 saturated carbocycles. The number of carbonyl (C=O) groups excluding carboxylic acids is 1. The molecule has 0 unspecified atom stereocenters. The highest BCUT2D eigenvalue weighted by Crippen LogP contribution is 2.46. The Morgan fingerprint density at radius 2 is 2.21 bits per heavy atom. The van der Waals surface area contributed by atoms with Gasteiger partial charge in [0, 0.05) is 16.8 Å². The van der Waals surface area contributed by atoms with E-state index in [0.717, 1.165) is 30.3 Å². The van der Waals surface area contributed by atoms with Gasteiger partial charge in [0.05, 0.1) is 0 Å². The summed E-state index contributed by atoms with van der Waals surface area (Å²) in [5, 5.41) is 3.26. The molecule has 2 rings (SSSR count). The van der Waals surface area contributed by atoms with Gasteiger partial charge in [0.1, 0.15) is 6.29 Å². The molecule has 1 aromatic carbocycles. The van der Waals surface area contributed by atoms with Crippen LogP contribution in [0.2, 0.25) is 0 Å². The van der Waals surface area contributed by atoms with Crippen LogP contribution in [-0.2, 0) is 5.54 Å². The second-order valence-corrected chi connectivity index (χ2v) is 3.80. The van der Waals surface area contributed by atoms with Crippen LogP contribution in [0.1, 0.15) is 28.8 Å². The minimum absolute atomic E-state index is 0.00558. The normalized spacial score (nSPS) is 17.8. The van der Waals surface area contributed by atoms with Gasteiger partial charge in [0.25, 0.3) is 0 Å². The fourth-order valence-electron chi connectivity index (χ4n) is 1.87. The lowest BCUT2D eigenvalue weighted by molar-refractivity contribution is 0.112. The molecule has 1 aliphatic carbocycles. The third-order valence-electron chi connectivity index (χ3n) is 2.95. The van der Waals surface area contributed by atoms with Crippen LogP contribution in [0.4, 0.5) is 5.69 Å². The highest BCUT2D eigenvalue weighted by molar-refractivity contribution is 5.79. The smallest absolute Gasteiger partial charge is 0.150 e. The number of nitrogen functional groups attached to an aromatic ring is 1. The first-order valence-corrected chi connectivity index (χ1v) is 4.76. The molecule has 1 aromatic rings. The Labute approximate surface area is 83.3 Å². The fraction of sp³-hybridized carbons (Fsp3) is 0.364. The molecule has 3 heteroatoms. The number of hydrogen-bond donors (Lipinski definition) is 2. The molecule has 0 aliphatic heterocycles. The van der Waals surface area contributed by atoms with Crippen molar-refractivity contribution >= 4 is 12.0 Å². The first-order valence-electron chi connectivity index (χ1n) is 4.76. The van der Waals surface area contributed by atoms with Crippen LogP contribution in [0, 0.1) is 0 Å². The van der Waals surface area contributed by atoms with Crippen molar-refractivity contribution in [2.24, 2.45) is 0 Å². The fourth-order valence-corrected chi connectivity index (χ4v) is 1.87. The zero-order chi connectivity index (χ0) is 10.2. The second-order valence-electron chi connectivity index (χ2n) is 3.80. The number of anilines is 1. The summed E-state index contributed by atoms with van der Waals surface area (Å²) in [5.74, 6) is 0. The third-order valence-corrected chi connectivity index (χ3v) is 2.95. The van der Waals surface area contributed by atoms with Crippen molar-refractivity contribution in [1.29, 1.82) is 0 Å². The summed E-state index contributed by atoms with van der Waals surface area (Å²) in [6.45, 7) is 0. The number of rotatable bonds is 3. The summed E-state index contributed by atoms with van der Waals surface area (Å²) < 4.78 is 0. The molecule has 3 nitrogen and oxygen atoms in total. The molecule has 0 radical (unpaired) electrons. The molecular formula is C11H14N2O. The second kappa shape index (κ2) is 3.10. The number of nitrogens with two attached hydrogens (primary N) is 1. The molecule has 0 aromatic heterocycles. The molecule has 1 fully saturated rings. The van der Waals surface area contributed by atoms with Gasteiger partial charge in [-0.25, -0.2) is 0 Å². The molecule has 0 heterocycles. The Kier molecular flexibility index (Phi) is 2.04. The highest BCUT2D eigenvalue weighted by Gasteiger charge is 2.44. The van der Waals surface area contributed by atoms with E-state index in [4.69, 9.17) is 5.73 Å². The summed E-state index contributed by atoms with van der Waals surface area (Å²) >= 11 is 0. The van der Waals surface area contributed by atoms with Gasteiger partial charge in [-0.05, 0) is 43.7 Å². The largest absolute Gasteiger partial charge is 0.399 e. The van der Waals surface area contributed by atoms with Crippen LogP contribution in [0.15, 0.2) is 18.2 Å². The molecule has 0 atom stereocenters. The zero-order valence-corrected chi connectivity index (χ0v) is 8.21. The number of nitrogens with one attached hydrogen (secondary N) is 1. The number of aldehydes is 1. The maximum atomic E-state index is 10.9. The number of benzene rings is 1. The van der Waals surface area contributed by atoms with E-state index in [1.807, 2.05) is 13.1 Å². The van der Waals surface area contributed by atoms with Gasteiger partial charge in [0.15, 0.2) is 0 Å². The topological polar surface area (TPSA) is 55.1 Å². The molecule has 0 saturated heterocycles. The van der Waals surface area contributed by atoms with Gasteiger partial charge < -0.3 is 11.1 Å². The van der Waals surface area contributed by atoms with Crippen molar-refractivity contribution in [3.8, 4) is 0 Å². The minimum atomic E-state index is 0.00558. The summed E-state index contributed by atoms with van der Waals surface area (Å²) in [4.78, 5) is 10.9. The first-order chi connectivity index (χ1) is 6.72. The average Bonchev–Trinajstić information content (AvgIpc) is 2.98. The van der Waals surface area contributed by atoms with Crippen molar-refractivity contribution in [3.63, 3.8) is 0 Å². The zero-order valence-electron chi connectivity index (χ0n) is 8.21. The molecule has 3 N–H and O–H groups in total. The summed E-state index contributed by atoms with van der Waals surface area (Å²) in [7, 11) is 1.92. The number of carbonyl (C=O) groups is 1. The van der Waals surface area contributed by atoms with Crippen molar-refractivity contribution in [3.05, 3.63) is 29.3 Å². The molecule has 74 valence electrons. The van der Waals surface area contributed by atoms with E-state index in [1.54, 1.807) is 12.1 Å². The van der Waals surface area contributed by atoms with Crippen LogP contribution >= 0.6 is 0 Å². The molecule has 0 amide bonds. The standard InChI is InChI=1S/C11H14N2O/c1-13-11(4-5-11)10-6-9(12)3-2-8(10)7-14/h2-3,6-7,13H,4-5,12H2,1H3. The van der Waals surface area contributed by atoms with E-state index < -0.39 is 0 Å². The van der Waals surface area contributed by atoms with Crippen LogP contribution in [0.3, 0.4) is 0 Å². The maximum absolute atomic E-state index is 10.9. The predicted octanol–water partition coefficient (Wildman–Crippen LogP) is 1.29. The third kappa shape index (κ3) is 1.30. The minimum Gasteiger partial charge on any atom is -0.399 e. The molecular weight excluding hydrogens is 176 g/mol. The highest BCUT2D eigenvalue weighted by atomic mass is 16.1. The van der Waals surface area contributed by atoms with E-state index in [-0.39, 0.29) is 5.54 Å². The van der Waals surface area contributed by atoms with Gasteiger partial charge >= 0.3 is 0 Å². The van der Waals surface area contributed by atoms with Gasteiger partial charge in [0.2, 0.25) is 0 Å². The van der Waals surface area contributed by atoms with Gasteiger partial charge in [-0.3, -0.25) is 4.79 Å². The monoisotopic (exact) mass is 190 g/mol. The SMILES string of the molecule is CNC1(c2cc(N)ccc2C=O)CC1. The average molecular weight is 190 g/mol. The lowest BCUT2D eigenvalue weighted by Crippen LogP contribution is -2.26. The molecule has 1 aliphatic rings. The maximum Gasteiger partial charge on any atom is 0.150 e. The van der Waals surface area contributed by atoms with E-state index >= 15 is 0 Å². The summed E-state index contributed by atoms with van der Waals surface area (Å²) in [5.41, 5.74) is 8.22. The van der Waals surface area contributed by atoms with Crippen LogP contribution < -0.4 is 11.1 Å². The summed E-state index contributed by atoms with van der Waals surface area (Å²) in [6, 6.07) is 5.45. The van der Waals surface area contributed by atoms with Gasteiger partial charge in [-0.15, -0.1) is 0 Å². The molecule has 0 bridgehead atoms. The lowest BCUT2D eigenvalue weighted by Gasteiger charge is -2.17. The van der Waals surface area contributed by atoms with Crippen molar-refractivity contribution < 1.29 is 4.79 Å². The van der Waals surface area contributed by atoms with E-state index in [1.165, 1.54) is 0 Å². The quantitative estimate of drug-likeness (QED) is 0.558. The van der Waals surface area contributed by atoms with Crippen molar-refractivity contribution in [1.82, 2.24) is 5.32 Å². The van der Waals surface area contributed by atoms with Gasteiger partial charge in [-0.2, -0.15) is 0 Å². The lowest BCUT2D eigenvalue weighted by atomic mass is 9.98. The Morgan fingerprint density at radius 3 is 2.71 bits per heavy atom. The van der Waals surface area contributed by atoms with Crippen molar-refractivity contribution in [2.45, 2.75) is 18.4 Å². The molecule has 14 heavy (non-hydrogen) atoms. The predicted molar refractivity (Wildman–Crippen MR) is 56.2 cm³/mol. The van der Waals surface area contributed by atoms with Crippen molar-refractivity contribution in [2.75, 3.05) is 12.8 Å². The Balaban J connectivity index is 2.49. The summed E-state index contributed by atoms with van der Waals surface area (Å²) in [6.07, 6.45) is 3.05. The Bertz CT molecular complexity index is 370. The van der Waals surface area contributed by atoms with Crippen LogP contribution in [0.5, 0.6) is 0 Å². The van der Waals surface area contributed by atoms with Crippen LogP contribution in [0.25, 0.3) is 0 Å².